The minimum absolute atomic E-state index is 0.00866. The lowest BCUT2D eigenvalue weighted by molar-refractivity contribution is -0.185. The quantitative estimate of drug-likeness (QED) is 0.377. The molecule has 0 aliphatic rings. The van der Waals surface area contributed by atoms with Gasteiger partial charge in [-0.25, -0.2) is 0 Å². The summed E-state index contributed by atoms with van der Waals surface area (Å²) in [6.07, 6.45) is 0. The summed E-state index contributed by atoms with van der Waals surface area (Å²) < 4.78 is 20.3. The number of ether oxygens (including phenoxy) is 4. The summed E-state index contributed by atoms with van der Waals surface area (Å²) in [5.41, 5.74) is -1.67. The Morgan fingerprint density at radius 3 is 1.54 bits per heavy atom. The molecule has 26 heavy (non-hydrogen) atoms. The van der Waals surface area contributed by atoms with Crippen LogP contribution in [0.15, 0.2) is 24.3 Å². The van der Waals surface area contributed by atoms with Crippen LogP contribution >= 0.6 is 0 Å². The zero-order chi connectivity index (χ0) is 19.7. The van der Waals surface area contributed by atoms with E-state index in [0.29, 0.717) is 11.3 Å². The van der Waals surface area contributed by atoms with Crippen molar-refractivity contribution in [3.05, 3.63) is 29.8 Å². The first-order valence-corrected chi connectivity index (χ1v) is 8.55. The predicted octanol–water partition coefficient (Wildman–Crippen LogP) is 2.47. The Morgan fingerprint density at radius 2 is 1.23 bits per heavy atom. The third-order valence-electron chi connectivity index (χ3n) is 4.06. The maximum atomic E-state index is 12.8. The molecule has 0 aromatic heterocycles. The molecule has 0 radical (unpaired) electrons. The van der Waals surface area contributed by atoms with Crippen LogP contribution in [0.3, 0.4) is 0 Å². The molecule has 144 valence electrons. The van der Waals surface area contributed by atoms with Crippen LogP contribution in [0.1, 0.15) is 39.2 Å². The number of hydrogen-bond acceptors (Lipinski definition) is 7. The summed E-state index contributed by atoms with van der Waals surface area (Å²) in [6.45, 7) is 6.40. The summed E-state index contributed by atoms with van der Waals surface area (Å²) in [4.78, 5) is 38.4. The standard InChI is InChI=1S/C19H26O7/c1-6-24-16(20)19(17(21)25-7-2,18(22)26-8-3)13(4)14-9-11-15(23-5)12-10-14/h9-13H,6-8H2,1-5H3/t13-/m1/s1. The van der Waals surface area contributed by atoms with Crippen molar-refractivity contribution in [2.45, 2.75) is 33.6 Å². The van der Waals surface area contributed by atoms with Crippen molar-refractivity contribution in [3.8, 4) is 5.75 Å². The van der Waals surface area contributed by atoms with Gasteiger partial charge in [0.25, 0.3) is 5.41 Å². The zero-order valence-corrected chi connectivity index (χ0v) is 15.9. The van der Waals surface area contributed by atoms with Gasteiger partial charge in [-0.1, -0.05) is 19.1 Å². The molecule has 0 heterocycles. The van der Waals surface area contributed by atoms with Crippen molar-refractivity contribution in [3.63, 3.8) is 0 Å². The normalized spacial score (nSPS) is 12.0. The van der Waals surface area contributed by atoms with Crippen LogP contribution < -0.4 is 4.74 Å². The molecule has 1 aromatic rings. The second kappa shape index (κ2) is 9.79. The molecule has 0 N–H and O–H groups in total. The highest BCUT2D eigenvalue weighted by molar-refractivity contribution is 6.19. The molecule has 0 spiro atoms. The second-order valence-corrected chi connectivity index (χ2v) is 5.46. The minimum Gasteiger partial charge on any atom is -0.497 e. The van der Waals surface area contributed by atoms with Gasteiger partial charge in [0.15, 0.2) is 0 Å². The number of hydrogen-bond donors (Lipinski definition) is 0. The second-order valence-electron chi connectivity index (χ2n) is 5.46. The summed E-state index contributed by atoms with van der Waals surface area (Å²) in [5, 5.41) is 0. The Balaban J connectivity index is 3.53. The van der Waals surface area contributed by atoms with Gasteiger partial charge in [-0.3, -0.25) is 14.4 Å². The van der Waals surface area contributed by atoms with Crippen LogP contribution in [0.4, 0.5) is 0 Å². The van der Waals surface area contributed by atoms with E-state index < -0.39 is 29.2 Å². The Hall–Kier alpha value is -2.57. The molecule has 1 atom stereocenters. The number of esters is 3. The first kappa shape index (κ1) is 21.5. The third-order valence-corrected chi connectivity index (χ3v) is 4.06. The molecule has 0 aliphatic carbocycles. The number of methoxy groups -OCH3 is 1. The van der Waals surface area contributed by atoms with Crippen molar-refractivity contribution >= 4 is 17.9 Å². The first-order valence-electron chi connectivity index (χ1n) is 8.55. The smallest absolute Gasteiger partial charge is 0.335 e. The molecule has 0 saturated heterocycles. The van der Waals surface area contributed by atoms with Crippen molar-refractivity contribution in [2.75, 3.05) is 26.9 Å². The van der Waals surface area contributed by atoms with Crippen LogP contribution in [-0.4, -0.2) is 44.8 Å². The van der Waals surface area contributed by atoms with Gasteiger partial charge >= 0.3 is 17.9 Å². The molecule has 0 bridgehead atoms. The predicted molar refractivity (Wildman–Crippen MR) is 93.7 cm³/mol. The maximum absolute atomic E-state index is 12.8. The van der Waals surface area contributed by atoms with Gasteiger partial charge in [0, 0.05) is 5.92 Å². The lowest BCUT2D eigenvalue weighted by Gasteiger charge is -2.32. The van der Waals surface area contributed by atoms with Crippen LogP contribution in [0, 0.1) is 5.41 Å². The summed E-state index contributed by atoms with van der Waals surface area (Å²) >= 11 is 0. The number of rotatable bonds is 9. The van der Waals surface area contributed by atoms with Crippen molar-refractivity contribution < 1.29 is 33.3 Å². The van der Waals surface area contributed by atoms with E-state index in [9.17, 15) is 14.4 Å². The highest BCUT2D eigenvalue weighted by Gasteiger charge is 2.61. The lowest BCUT2D eigenvalue weighted by atomic mass is 9.72. The molecule has 1 aromatic carbocycles. The molecule has 7 nitrogen and oxygen atoms in total. The van der Waals surface area contributed by atoms with Gasteiger partial charge in [-0.2, -0.15) is 0 Å². The van der Waals surface area contributed by atoms with Gasteiger partial charge in [0.05, 0.1) is 26.9 Å². The van der Waals surface area contributed by atoms with E-state index in [1.54, 1.807) is 52.0 Å². The topological polar surface area (TPSA) is 88.1 Å². The number of benzene rings is 1. The van der Waals surface area contributed by atoms with E-state index in [4.69, 9.17) is 18.9 Å². The monoisotopic (exact) mass is 366 g/mol. The number of carbonyl (C=O) groups is 3. The Kier molecular flexibility index (Phi) is 8.09. The van der Waals surface area contributed by atoms with Crippen LogP contribution in [-0.2, 0) is 28.6 Å². The van der Waals surface area contributed by atoms with E-state index in [1.807, 2.05) is 0 Å². The van der Waals surface area contributed by atoms with Crippen LogP contribution in [0.5, 0.6) is 5.75 Å². The SMILES string of the molecule is CCOC(=O)C(C(=O)OCC)(C(=O)OCC)[C@H](C)c1ccc(OC)cc1. The fraction of sp³-hybridized carbons (Fsp3) is 0.526. The van der Waals surface area contributed by atoms with E-state index in [-0.39, 0.29) is 19.8 Å². The van der Waals surface area contributed by atoms with Gasteiger partial charge < -0.3 is 18.9 Å². The molecule has 7 heteroatoms. The average Bonchev–Trinajstić information content (AvgIpc) is 2.63. The summed E-state index contributed by atoms with van der Waals surface area (Å²) in [5.74, 6) is -3.22. The molecule has 0 fully saturated rings. The summed E-state index contributed by atoms with van der Waals surface area (Å²) in [7, 11) is 1.53. The fourth-order valence-electron chi connectivity index (χ4n) is 2.66. The van der Waals surface area contributed by atoms with Crippen molar-refractivity contribution in [1.82, 2.24) is 0 Å². The zero-order valence-electron chi connectivity index (χ0n) is 15.9. The highest BCUT2D eigenvalue weighted by Crippen LogP contribution is 2.40. The summed E-state index contributed by atoms with van der Waals surface area (Å²) in [6, 6.07) is 6.71. The van der Waals surface area contributed by atoms with Gasteiger partial charge in [-0.15, -0.1) is 0 Å². The molecular weight excluding hydrogens is 340 g/mol. The first-order chi connectivity index (χ1) is 12.4. The molecule has 0 aliphatic heterocycles. The van der Waals surface area contributed by atoms with E-state index in [1.165, 1.54) is 7.11 Å². The maximum Gasteiger partial charge on any atom is 0.335 e. The molecule has 0 saturated carbocycles. The number of carbonyl (C=O) groups excluding carboxylic acids is 3. The highest BCUT2D eigenvalue weighted by atomic mass is 16.6. The van der Waals surface area contributed by atoms with Crippen molar-refractivity contribution in [1.29, 1.82) is 0 Å². The fourth-order valence-corrected chi connectivity index (χ4v) is 2.66. The Morgan fingerprint density at radius 1 is 0.846 bits per heavy atom. The molecule has 0 amide bonds. The van der Waals surface area contributed by atoms with Crippen molar-refractivity contribution in [2.24, 2.45) is 5.41 Å². The average molecular weight is 366 g/mol. The van der Waals surface area contributed by atoms with Gasteiger partial charge in [-0.05, 0) is 38.5 Å². The van der Waals surface area contributed by atoms with E-state index >= 15 is 0 Å². The molecular formula is C19H26O7. The van der Waals surface area contributed by atoms with E-state index in [0.717, 1.165) is 0 Å². The lowest BCUT2D eigenvalue weighted by Crippen LogP contribution is -2.52. The largest absolute Gasteiger partial charge is 0.497 e. The molecule has 1 rings (SSSR count). The van der Waals surface area contributed by atoms with Crippen LogP contribution in [0.2, 0.25) is 0 Å². The minimum atomic E-state index is -2.24. The Labute approximate surface area is 153 Å². The van der Waals surface area contributed by atoms with Crippen LogP contribution in [0.25, 0.3) is 0 Å². The van der Waals surface area contributed by atoms with Gasteiger partial charge in [0.1, 0.15) is 5.75 Å². The molecule has 0 unspecified atom stereocenters. The van der Waals surface area contributed by atoms with E-state index in [2.05, 4.69) is 0 Å². The third kappa shape index (κ3) is 4.15. The Bertz CT molecular complexity index is 576. The van der Waals surface area contributed by atoms with Gasteiger partial charge in [0.2, 0.25) is 0 Å².